The molecule has 3 rings (SSSR count). The summed E-state index contributed by atoms with van der Waals surface area (Å²) in [7, 11) is -6.00. The van der Waals surface area contributed by atoms with Crippen LogP contribution in [-0.4, -0.2) is 21.8 Å². The molecular formula is C16H13BF4Se. The van der Waals surface area contributed by atoms with E-state index in [9.17, 15) is 17.3 Å². The van der Waals surface area contributed by atoms with Gasteiger partial charge >= 0.3 is 115 Å². The molecule has 0 fully saturated rings. The van der Waals surface area contributed by atoms with Gasteiger partial charge < -0.3 is 17.3 Å². The third-order valence-corrected chi connectivity index (χ3v) is 5.35. The molecule has 1 heterocycles. The quantitative estimate of drug-likeness (QED) is 0.394. The molecule has 0 saturated heterocycles. The summed E-state index contributed by atoms with van der Waals surface area (Å²) in [4.78, 5) is 0. The van der Waals surface area contributed by atoms with Crippen LogP contribution in [0.5, 0.6) is 0 Å². The first-order valence-corrected chi connectivity index (χ1v) is 8.31. The first-order valence-electron chi connectivity index (χ1n) is 6.60. The van der Waals surface area contributed by atoms with Gasteiger partial charge in [-0.2, -0.15) is 0 Å². The van der Waals surface area contributed by atoms with Crippen LogP contribution in [0.4, 0.5) is 17.3 Å². The zero-order valence-corrected chi connectivity index (χ0v) is 13.5. The number of aryl methyl sites for hydroxylation is 1. The van der Waals surface area contributed by atoms with Crippen molar-refractivity contribution >= 4 is 31.4 Å². The molecule has 22 heavy (non-hydrogen) atoms. The average molecular weight is 371 g/mol. The topological polar surface area (TPSA) is 0 Å². The molecule has 0 nitrogen and oxygen atoms in total. The second-order valence-electron chi connectivity index (χ2n) is 4.65. The summed E-state index contributed by atoms with van der Waals surface area (Å²) in [5.41, 5.74) is 2.74. The maximum Gasteiger partial charge on any atom is 0.673 e. The normalized spacial score (nSPS) is 11.0. The Balaban J connectivity index is 0.000000309. The average Bonchev–Trinajstić information content (AvgIpc) is 2.46. The molecule has 0 saturated carbocycles. The number of hydrogen-bond donors (Lipinski definition) is 0. The summed E-state index contributed by atoms with van der Waals surface area (Å²) >= 11 is 0.428. The molecule has 6 heteroatoms. The van der Waals surface area contributed by atoms with E-state index < -0.39 is 7.25 Å². The second kappa shape index (κ2) is 7.08. The number of rotatable bonds is 1. The van der Waals surface area contributed by atoms with Crippen LogP contribution in [0.1, 0.15) is 5.56 Å². The van der Waals surface area contributed by atoms with Crippen molar-refractivity contribution in [2.24, 2.45) is 0 Å². The minimum Gasteiger partial charge on any atom is -0.418 e. The summed E-state index contributed by atoms with van der Waals surface area (Å²) < 4.78 is 42.0. The zero-order chi connectivity index (χ0) is 16.2. The molecule has 0 spiro atoms. The largest absolute Gasteiger partial charge is 0.673 e. The fraction of sp³-hybridized carbons (Fsp3) is 0.0625. The van der Waals surface area contributed by atoms with Gasteiger partial charge in [-0.1, -0.05) is 0 Å². The van der Waals surface area contributed by atoms with Gasteiger partial charge in [-0.3, -0.25) is 0 Å². The van der Waals surface area contributed by atoms with Crippen LogP contribution in [-0.2, 0) is 0 Å². The number of benzene rings is 2. The minimum atomic E-state index is -6.00. The number of hydrogen-bond acceptors (Lipinski definition) is 0. The molecule has 2 aromatic carbocycles. The van der Waals surface area contributed by atoms with Gasteiger partial charge in [0.05, 0.1) is 0 Å². The van der Waals surface area contributed by atoms with Crippen LogP contribution in [0.15, 0.2) is 60.7 Å². The Kier molecular flexibility index (Phi) is 5.38. The third-order valence-electron chi connectivity index (χ3n) is 2.94. The van der Waals surface area contributed by atoms with Crippen molar-refractivity contribution in [1.29, 1.82) is 0 Å². The van der Waals surface area contributed by atoms with Crippen molar-refractivity contribution in [1.82, 2.24) is 0 Å². The van der Waals surface area contributed by atoms with Crippen molar-refractivity contribution in [3.8, 4) is 10.0 Å². The Morgan fingerprint density at radius 2 is 1.36 bits per heavy atom. The van der Waals surface area contributed by atoms with E-state index in [1.807, 2.05) is 0 Å². The summed E-state index contributed by atoms with van der Waals surface area (Å²) in [6, 6.07) is 21.8. The van der Waals surface area contributed by atoms with E-state index in [4.69, 9.17) is 0 Å². The summed E-state index contributed by atoms with van der Waals surface area (Å²) in [6.45, 7) is 2.21. The van der Waals surface area contributed by atoms with Crippen LogP contribution >= 0.6 is 0 Å². The van der Waals surface area contributed by atoms with E-state index in [0.717, 1.165) is 0 Å². The summed E-state index contributed by atoms with van der Waals surface area (Å²) in [6.07, 6.45) is 0. The van der Waals surface area contributed by atoms with Gasteiger partial charge in [0, 0.05) is 0 Å². The smallest absolute Gasteiger partial charge is 0.418 e. The van der Waals surface area contributed by atoms with Crippen LogP contribution < -0.4 is 0 Å². The van der Waals surface area contributed by atoms with Crippen molar-refractivity contribution in [3.05, 3.63) is 66.2 Å². The van der Waals surface area contributed by atoms with Gasteiger partial charge in [-0.05, 0) is 0 Å². The van der Waals surface area contributed by atoms with Gasteiger partial charge in [0.1, 0.15) is 0 Å². The fourth-order valence-electron chi connectivity index (χ4n) is 2.05. The van der Waals surface area contributed by atoms with E-state index in [1.165, 1.54) is 25.2 Å². The minimum absolute atomic E-state index is 0.428. The van der Waals surface area contributed by atoms with Gasteiger partial charge in [0.2, 0.25) is 0 Å². The van der Waals surface area contributed by atoms with Crippen LogP contribution in [0, 0.1) is 6.92 Å². The Morgan fingerprint density at radius 1 is 0.818 bits per heavy atom. The van der Waals surface area contributed by atoms with Crippen LogP contribution in [0.2, 0.25) is 0 Å². The first kappa shape index (κ1) is 16.7. The molecule has 0 aliphatic heterocycles. The van der Waals surface area contributed by atoms with Gasteiger partial charge in [-0.15, -0.1) is 0 Å². The maximum atomic E-state index is 9.75. The number of fused-ring (bicyclic) bond motifs is 1. The molecule has 0 radical (unpaired) electrons. The predicted molar refractivity (Wildman–Crippen MR) is 85.7 cm³/mol. The second-order valence-corrected chi connectivity index (χ2v) is 6.92. The standard InChI is InChI=1S/C16H13Se.BF4/c1-12-11-16(13-7-3-2-4-8-13)17-15-10-6-5-9-14(12)15;2-1(3,4)5/h2-11H,1H3;/q+1;-1. The molecule has 114 valence electrons. The fourth-order valence-corrected chi connectivity index (χ4v) is 4.59. The molecular weight excluding hydrogens is 358 g/mol. The zero-order valence-electron chi connectivity index (χ0n) is 11.8. The molecule has 1 aromatic heterocycles. The third kappa shape index (κ3) is 4.97. The summed E-state index contributed by atoms with van der Waals surface area (Å²) in [5, 5.41) is 1.42. The molecule has 0 atom stereocenters. The Labute approximate surface area is 132 Å². The monoisotopic (exact) mass is 372 g/mol. The van der Waals surface area contributed by atoms with E-state index >= 15 is 0 Å². The molecule has 0 aliphatic rings. The SMILES string of the molecule is Cc1cc(-c2ccccc2)[se+]c2ccccc12.F[B-](F)(F)F. The summed E-state index contributed by atoms with van der Waals surface area (Å²) in [5.74, 6) is 0. The van der Waals surface area contributed by atoms with E-state index in [0.29, 0.717) is 14.5 Å². The Morgan fingerprint density at radius 3 is 2.00 bits per heavy atom. The molecule has 0 aliphatic carbocycles. The Hall–Kier alpha value is -1.65. The van der Waals surface area contributed by atoms with E-state index in [1.54, 1.807) is 0 Å². The van der Waals surface area contributed by atoms with Gasteiger partial charge in [0.25, 0.3) is 0 Å². The molecule has 0 N–H and O–H groups in total. The molecule has 0 bridgehead atoms. The van der Waals surface area contributed by atoms with Crippen molar-refractivity contribution in [2.75, 3.05) is 0 Å². The maximum absolute atomic E-state index is 9.75. The Bertz CT molecular complexity index is 751. The van der Waals surface area contributed by atoms with Gasteiger partial charge in [0.15, 0.2) is 0 Å². The number of halogens is 4. The van der Waals surface area contributed by atoms with Crippen molar-refractivity contribution in [2.45, 2.75) is 6.92 Å². The van der Waals surface area contributed by atoms with Crippen LogP contribution in [0.3, 0.4) is 0 Å². The molecule has 0 unspecified atom stereocenters. The first-order chi connectivity index (χ1) is 10.3. The van der Waals surface area contributed by atoms with Crippen LogP contribution in [0.25, 0.3) is 19.6 Å². The van der Waals surface area contributed by atoms with Crippen molar-refractivity contribution in [3.63, 3.8) is 0 Å². The van der Waals surface area contributed by atoms with Crippen molar-refractivity contribution < 1.29 is 17.3 Å². The predicted octanol–water partition coefficient (Wildman–Crippen LogP) is 5.45. The van der Waals surface area contributed by atoms with E-state index in [2.05, 4.69) is 67.6 Å². The van der Waals surface area contributed by atoms with E-state index in [-0.39, 0.29) is 0 Å². The molecule has 0 amide bonds. The van der Waals surface area contributed by atoms with Gasteiger partial charge in [-0.25, -0.2) is 0 Å². The molecule has 3 aromatic rings.